The van der Waals surface area contributed by atoms with Gasteiger partial charge in [0.15, 0.2) is 0 Å². The van der Waals surface area contributed by atoms with Crippen LogP contribution in [0.2, 0.25) is 0 Å². The van der Waals surface area contributed by atoms with Gasteiger partial charge in [0.25, 0.3) is 0 Å². The van der Waals surface area contributed by atoms with E-state index in [0.29, 0.717) is 33.8 Å². The maximum atomic E-state index is 11.9. The third-order valence-corrected chi connectivity index (χ3v) is 6.42. The number of nitrogens with two attached hydrogens (primary N) is 1. The van der Waals surface area contributed by atoms with Crippen LogP contribution in [0.25, 0.3) is 5.78 Å². The second-order valence-electron chi connectivity index (χ2n) is 9.53. The van der Waals surface area contributed by atoms with Crippen molar-refractivity contribution in [3.05, 3.63) is 108 Å². The lowest BCUT2D eigenvalue weighted by molar-refractivity contribution is 0.0592. The normalized spacial score (nSPS) is 11.0. The lowest BCUT2D eigenvalue weighted by atomic mass is 10.2. The van der Waals surface area contributed by atoms with E-state index in [1.54, 1.807) is 72.8 Å². The van der Waals surface area contributed by atoms with Crippen molar-refractivity contribution in [2.24, 2.45) is 4.99 Å². The predicted molar refractivity (Wildman–Crippen MR) is 171 cm³/mol. The largest absolute Gasteiger partial charge is 0.465 e. The number of anilines is 6. The van der Waals surface area contributed by atoms with Crippen molar-refractivity contribution in [3.63, 3.8) is 0 Å². The number of nitrogens with zero attached hydrogens (tertiary/aromatic N) is 6. The molecule has 0 aliphatic heterocycles. The van der Waals surface area contributed by atoms with E-state index in [4.69, 9.17) is 19.9 Å². The second kappa shape index (κ2) is 13.9. The maximum absolute atomic E-state index is 11.9. The number of ether oxygens (including phenoxy) is 3. The molecular formula is C31H28N10O6. The van der Waals surface area contributed by atoms with E-state index in [1.165, 1.54) is 25.7 Å². The number of rotatable bonds is 10. The van der Waals surface area contributed by atoms with Gasteiger partial charge in [0, 0.05) is 17.1 Å². The number of hydrogen-bond donors (Lipinski definition) is 4. The van der Waals surface area contributed by atoms with Gasteiger partial charge >= 0.3 is 17.9 Å². The molecule has 0 fully saturated rings. The van der Waals surface area contributed by atoms with E-state index < -0.39 is 17.9 Å². The maximum Gasteiger partial charge on any atom is 0.337 e. The van der Waals surface area contributed by atoms with Gasteiger partial charge in [-0.2, -0.15) is 24.9 Å². The third kappa shape index (κ3) is 7.46. The van der Waals surface area contributed by atoms with Crippen LogP contribution in [-0.4, -0.2) is 63.6 Å². The standard InChI is InChI=1S/C31H28N10O6/c1-17(33-21-11-5-18(6-12-21)24(42)45-2)34-30-39-29(36-23-15-9-20(10-16-23)26(44)47-4)40-31-38-28(37-27(32)41(30)31)35-22-13-7-19(8-14-22)25(43)46-3/h5-16,33H,1H2,2-4H3,(H4,32,34,35,36,37,38,39,40). The Bertz CT molecular complexity index is 2040. The fourth-order valence-corrected chi connectivity index (χ4v) is 4.14. The summed E-state index contributed by atoms with van der Waals surface area (Å²) in [4.78, 5) is 57.8. The van der Waals surface area contributed by atoms with Crippen LogP contribution in [0.1, 0.15) is 31.1 Å². The summed E-state index contributed by atoms with van der Waals surface area (Å²) in [6.45, 7) is 3.97. The Morgan fingerprint density at radius 2 is 1.06 bits per heavy atom. The summed E-state index contributed by atoms with van der Waals surface area (Å²) in [7, 11) is 3.90. The number of fused-ring (bicyclic) bond motifs is 1. The van der Waals surface area contributed by atoms with Gasteiger partial charge < -0.3 is 35.9 Å². The predicted octanol–water partition coefficient (Wildman–Crippen LogP) is 3.43. The highest BCUT2D eigenvalue weighted by atomic mass is 16.5. The Balaban J connectivity index is 1.51. The average Bonchev–Trinajstić information content (AvgIpc) is 3.08. The number of hydrogen-bond acceptors (Lipinski definition) is 15. The van der Waals surface area contributed by atoms with Crippen LogP contribution in [0.4, 0.5) is 34.9 Å². The van der Waals surface area contributed by atoms with Crippen LogP contribution in [0.15, 0.2) is 90.2 Å². The molecule has 0 amide bonds. The minimum Gasteiger partial charge on any atom is -0.465 e. The van der Waals surface area contributed by atoms with Crippen LogP contribution in [0.5, 0.6) is 0 Å². The number of nitrogens with one attached hydrogen (secondary N) is 3. The molecule has 0 radical (unpaired) electrons. The molecule has 47 heavy (non-hydrogen) atoms. The fourth-order valence-electron chi connectivity index (χ4n) is 4.14. The monoisotopic (exact) mass is 636 g/mol. The zero-order valence-corrected chi connectivity index (χ0v) is 25.3. The fraction of sp³-hybridized carbons (Fsp3) is 0.0968. The minimum atomic E-state index is -0.478. The van der Waals surface area contributed by atoms with Gasteiger partial charge in [0.2, 0.25) is 29.2 Å². The van der Waals surface area contributed by atoms with E-state index >= 15 is 0 Å². The number of aromatic nitrogens is 5. The first-order valence-corrected chi connectivity index (χ1v) is 13.7. The van der Waals surface area contributed by atoms with Gasteiger partial charge in [-0.1, -0.05) is 6.58 Å². The number of methoxy groups -OCH3 is 3. The summed E-state index contributed by atoms with van der Waals surface area (Å²) in [6, 6.07) is 19.5. The van der Waals surface area contributed by atoms with E-state index in [1.807, 2.05) is 0 Å². The summed E-state index contributed by atoms with van der Waals surface area (Å²) in [5.74, 6) is -1.02. The SMILES string of the molecule is C=C(N=c1nc(Nc2ccc(C(=O)OC)cc2)nc2nc(Nc3ccc(C(=O)OC)cc3)nc(N)n12)Nc1ccc(C(=O)OC)cc1. The molecule has 0 atom stereocenters. The molecule has 5 N–H and O–H groups in total. The molecule has 238 valence electrons. The third-order valence-electron chi connectivity index (χ3n) is 6.42. The Morgan fingerprint density at radius 3 is 1.49 bits per heavy atom. The Hall–Kier alpha value is -6.84. The van der Waals surface area contributed by atoms with Crippen molar-refractivity contribution >= 4 is 58.6 Å². The molecule has 16 nitrogen and oxygen atoms in total. The van der Waals surface area contributed by atoms with Gasteiger partial charge in [0.1, 0.15) is 5.82 Å². The number of carbonyl (C=O) groups excluding carboxylic acids is 3. The molecular weight excluding hydrogens is 608 g/mol. The van der Waals surface area contributed by atoms with Crippen LogP contribution in [-0.2, 0) is 14.2 Å². The highest BCUT2D eigenvalue weighted by molar-refractivity contribution is 5.90. The Labute approximate surface area is 267 Å². The molecule has 2 aromatic heterocycles. The average molecular weight is 637 g/mol. The van der Waals surface area contributed by atoms with Crippen molar-refractivity contribution < 1.29 is 28.6 Å². The first-order valence-electron chi connectivity index (χ1n) is 13.7. The Kier molecular flexibility index (Phi) is 9.31. The molecule has 0 spiro atoms. The summed E-state index contributed by atoms with van der Waals surface area (Å²) >= 11 is 0. The van der Waals surface area contributed by atoms with Crippen molar-refractivity contribution in [3.8, 4) is 0 Å². The zero-order chi connectivity index (χ0) is 33.5. The second-order valence-corrected chi connectivity index (χ2v) is 9.53. The van der Waals surface area contributed by atoms with E-state index in [0.717, 1.165) is 0 Å². The smallest absolute Gasteiger partial charge is 0.337 e. The van der Waals surface area contributed by atoms with Crippen molar-refractivity contribution in [1.82, 2.24) is 24.3 Å². The van der Waals surface area contributed by atoms with Gasteiger partial charge in [-0.15, -0.1) is 0 Å². The molecule has 16 heteroatoms. The van der Waals surface area contributed by atoms with Gasteiger partial charge in [-0.25, -0.2) is 18.8 Å². The lowest BCUT2D eigenvalue weighted by Gasteiger charge is -2.12. The summed E-state index contributed by atoms with van der Waals surface area (Å²) < 4.78 is 15.6. The molecule has 0 aliphatic rings. The van der Waals surface area contributed by atoms with Gasteiger partial charge in [-0.05, 0) is 72.8 Å². The summed E-state index contributed by atoms with van der Waals surface area (Å²) in [6.07, 6.45) is 0. The van der Waals surface area contributed by atoms with Crippen molar-refractivity contribution in [2.75, 3.05) is 43.0 Å². The van der Waals surface area contributed by atoms with E-state index in [-0.39, 0.29) is 35.1 Å². The minimum absolute atomic E-state index is 0.0267. The number of nitrogen functional groups attached to an aromatic ring is 1. The molecule has 2 heterocycles. The van der Waals surface area contributed by atoms with Crippen LogP contribution < -0.4 is 27.3 Å². The topological polar surface area (TPSA) is 209 Å². The van der Waals surface area contributed by atoms with Crippen LogP contribution in [0.3, 0.4) is 0 Å². The summed E-state index contributed by atoms with van der Waals surface area (Å²) in [5, 5.41) is 9.14. The van der Waals surface area contributed by atoms with E-state index in [2.05, 4.69) is 47.5 Å². The molecule has 5 rings (SSSR count). The number of carbonyl (C=O) groups is 3. The molecule has 0 saturated carbocycles. The molecule has 0 bridgehead atoms. The molecule has 0 saturated heterocycles. The van der Waals surface area contributed by atoms with Crippen LogP contribution in [0, 0.1) is 0 Å². The molecule has 3 aromatic carbocycles. The molecule has 0 unspecified atom stereocenters. The first-order chi connectivity index (χ1) is 22.7. The number of benzene rings is 3. The van der Waals surface area contributed by atoms with Gasteiger partial charge in [-0.3, -0.25) is 0 Å². The lowest BCUT2D eigenvalue weighted by Crippen LogP contribution is -2.26. The van der Waals surface area contributed by atoms with Crippen LogP contribution >= 0.6 is 0 Å². The highest BCUT2D eigenvalue weighted by Gasteiger charge is 2.13. The van der Waals surface area contributed by atoms with Crippen molar-refractivity contribution in [1.29, 1.82) is 0 Å². The van der Waals surface area contributed by atoms with Crippen molar-refractivity contribution in [2.45, 2.75) is 0 Å². The zero-order valence-electron chi connectivity index (χ0n) is 25.3. The molecule has 0 aliphatic carbocycles. The summed E-state index contributed by atoms with van der Waals surface area (Å²) in [5.41, 5.74) is 9.21. The Morgan fingerprint density at radius 1 is 0.660 bits per heavy atom. The first kappa shape index (κ1) is 31.6. The number of esters is 3. The highest BCUT2D eigenvalue weighted by Crippen LogP contribution is 2.18. The molecule has 5 aromatic rings. The quantitative estimate of drug-likeness (QED) is 0.128. The van der Waals surface area contributed by atoms with E-state index in [9.17, 15) is 14.4 Å². The van der Waals surface area contributed by atoms with Gasteiger partial charge in [0.05, 0.1) is 38.0 Å².